The number of piperazine rings is 1. The molecule has 2 fully saturated rings. The lowest BCUT2D eigenvalue weighted by Crippen LogP contribution is -2.44. The highest BCUT2D eigenvalue weighted by Gasteiger charge is 2.33. The summed E-state index contributed by atoms with van der Waals surface area (Å²) >= 11 is 0. The summed E-state index contributed by atoms with van der Waals surface area (Å²) in [6.45, 7) is 6.64. The molecule has 1 unspecified atom stereocenters. The van der Waals surface area contributed by atoms with Crippen LogP contribution in [-0.4, -0.2) is 90.5 Å². The SMILES string of the molecule is CCOC(=O)c1cnc(Nc2ccc(N3CCN(C)CC3)cc2)nc1C(=O)C1CCCN(C(=O)OCc2ccccc2)C1. The van der Waals surface area contributed by atoms with Gasteiger partial charge in [-0.05, 0) is 56.6 Å². The minimum atomic E-state index is -0.663. The van der Waals surface area contributed by atoms with Crippen LogP contribution in [0.25, 0.3) is 0 Å². The number of carbonyl (C=O) groups is 3. The number of amides is 1. The van der Waals surface area contributed by atoms with Gasteiger partial charge in [0.05, 0.1) is 6.61 Å². The van der Waals surface area contributed by atoms with Gasteiger partial charge in [0.25, 0.3) is 0 Å². The summed E-state index contributed by atoms with van der Waals surface area (Å²) in [6.07, 6.45) is 2.04. The molecule has 2 aromatic carbocycles. The average Bonchev–Trinajstić information content (AvgIpc) is 3.04. The van der Waals surface area contributed by atoms with Crippen molar-refractivity contribution in [1.82, 2.24) is 19.8 Å². The lowest BCUT2D eigenvalue weighted by Gasteiger charge is -2.34. The minimum Gasteiger partial charge on any atom is -0.462 e. The molecule has 1 atom stereocenters. The maximum Gasteiger partial charge on any atom is 0.410 e. The molecule has 3 heterocycles. The van der Waals surface area contributed by atoms with Gasteiger partial charge in [0.2, 0.25) is 5.95 Å². The molecule has 0 bridgehead atoms. The molecule has 11 heteroatoms. The first kappa shape index (κ1) is 30.0. The largest absolute Gasteiger partial charge is 0.462 e. The average molecular weight is 587 g/mol. The van der Waals surface area contributed by atoms with Crippen molar-refractivity contribution in [3.63, 3.8) is 0 Å². The Morgan fingerprint density at radius 2 is 1.70 bits per heavy atom. The van der Waals surface area contributed by atoms with E-state index in [4.69, 9.17) is 9.47 Å². The van der Waals surface area contributed by atoms with Crippen molar-refractivity contribution in [1.29, 1.82) is 0 Å². The molecule has 0 spiro atoms. The van der Waals surface area contributed by atoms with Gasteiger partial charge in [0, 0.05) is 62.8 Å². The van der Waals surface area contributed by atoms with Crippen LogP contribution >= 0.6 is 0 Å². The van der Waals surface area contributed by atoms with Crippen LogP contribution in [0.2, 0.25) is 0 Å². The first-order valence-electron chi connectivity index (χ1n) is 14.8. The first-order valence-corrected chi connectivity index (χ1v) is 14.8. The predicted molar refractivity (Wildman–Crippen MR) is 163 cm³/mol. The molecule has 5 rings (SSSR count). The third-order valence-electron chi connectivity index (χ3n) is 7.76. The van der Waals surface area contributed by atoms with E-state index in [1.54, 1.807) is 11.8 Å². The van der Waals surface area contributed by atoms with E-state index in [9.17, 15) is 14.4 Å². The van der Waals surface area contributed by atoms with Gasteiger partial charge in [0.15, 0.2) is 5.78 Å². The number of likely N-dealkylation sites (N-methyl/N-ethyl adjacent to an activating group) is 1. The molecule has 0 saturated carbocycles. The van der Waals surface area contributed by atoms with Gasteiger partial charge in [-0.3, -0.25) is 4.79 Å². The Balaban J connectivity index is 1.29. The molecule has 1 amide bonds. The van der Waals surface area contributed by atoms with Crippen LogP contribution in [0.15, 0.2) is 60.8 Å². The number of aromatic nitrogens is 2. The maximum atomic E-state index is 13.8. The Morgan fingerprint density at radius 1 is 0.953 bits per heavy atom. The third kappa shape index (κ3) is 7.66. The summed E-state index contributed by atoms with van der Waals surface area (Å²) in [5.74, 6) is -1.35. The number of Topliss-reactive ketones (excluding diaryl/α,β-unsaturated/α-hetero) is 1. The number of nitrogens with one attached hydrogen (secondary N) is 1. The lowest BCUT2D eigenvalue weighted by molar-refractivity contribution is 0.0516. The van der Waals surface area contributed by atoms with Crippen molar-refractivity contribution in [2.75, 3.05) is 63.1 Å². The number of benzene rings is 2. The molecular formula is C32H38N6O5. The van der Waals surface area contributed by atoms with Crippen molar-refractivity contribution in [3.05, 3.63) is 77.6 Å². The monoisotopic (exact) mass is 586 g/mol. The van der Waals surface area contributed by atoms with E-state index < -0.39 is 18.0 Å². The molecule has 226 valence electrons. The van der Waals surface area contributed by atoms with Crippen molar-refractivity contribution >= 4 is 35.2 Å². The lowest BCUT2D eigenvalue weighted by atomic mass is 9.91. The Morgan fingerprint density at radius 3 is 2.42 bits per heavy atom. The topological polar surface area (TPSA) is 117 Å². The number of nitrogens with zero attached hydrogens (tertiary/aromatic N) is 5. The Hall–Kier alpha value is -4.51. The van der Waals surface area contributed by atoms with Gasteiger partial charge in [-0.15, -0.1) is 0 Å². The van der Waals surface area contributed by atoms with Crippen molar-refractivity contribution in [2.45, 2.75) is 26.4 Å². The second-order valence-corrected chi connectivity index (χ2v) is 10.8. The van der Waals surface area contributed by atoms with E-state index in [0.29, 0.717) is 19.4 Å². The zero-order chi connectivity index (χ0) is 30.2. The molecule has 0 radical (unpaired) electrons. The number of piperidine rings is 1. The van der Waals surface area contributed by atoms with Gasteiger partial charge < -0.3 is 29.5 Å². The smallest absolute Gasteiger partial charge is 0.410 e. The van der Waals surface area contributed by atoms with Gasteiger partial charge in [-0.1, -0.05) is 30.3 Å². The van der Waals surface area contributed by atoms with Crippen LogP contribution in [0.4, 0.5) is 22.1 Å². The number of carbonyl (C=O) groups excluding carboxylic acids is 3. The van der Waals surface area contributed by atoms with E-state index in [1.165, 1.54) is 6.20 Å². The van der Waals surface area contributed by atoms with Crippen LogP contribution in [0.1, 0.15) is 46.2 Å². The van der Waals surface area contributed by atoms with Gasteiger partial charge in [-0.2, -0.15) is 0 Å². The molecule has 0 aliphatic carbocycles. The van der Waals surface area contributed by atoms with E-state index in [1.807, 2.05) is 54.6 Å². The zero-order valence-corrected chi connectivity index (χ0v) is 24.7. The Kier molecular flexibility index (Phi) is 9.83. The molecule has 11 nitrogen and oxygen atoms in total. The van der Waals surface area contributed by atoms with Gasteiger partial charge in [0.1, 0.15) is 17.9 Å². The zero-order valence-electron chi connectivity index (χ0n) is 24.7. The fraction of sp³-hybridized carbons (Fsp3) is 0.406. The molecule has 2 saturated heterocycles. The molecule has 1 aromatic heterocycles. The van der Waals surface area contributed by atoms with Crippen LogP contribution in [-0.2, 0) is 16.1 Å². The number of anilines is 3. The van der Waals surface area contributed by atoms with Gasteiger partial charge in [-0.25, -0.2) is 19.6 Å². The van der Waals surface area contributed by atoms with Crippen LogP contribution < -0.4 is 10.2 Å². The summed E-state index contributed by atoms with van der Waals surface area (Å²) in [5.41, 5.74) is 2.76. The number of likely N-dealkylation sites (tertiary alicyclic amines) is 1. The summed E-state index contributed by atoms with van der Waals surface area (Å²) < 4.78 is 10.7. The number of hydrogen-bond donors (Lipinski definition) is 1. The van der Waals surface area contributed by atoms with Crippen LogP contribution in [0.3, 0.4) is 0 Å². The summed E-state index contributed by atoms with van der Waals surface area (Å²) in [4.78, 5) is 54.4. The Bertz CT molecular complexity index is 1410. The van der Waals surface area contributed by atoms with Crippen molar-refractivity contribution in [2.24, 2.45) is 5.92 Å². The first-order chi connectivity index (χ1) is 20.9. The molecule has 1 N–H and O–H groups in total. The third-order valence-corrected chi connectivity index (χ3v) is 7.76. The minimum absolute atomic E-state index is 0.00610. The van der Waals surface area contributed by atoms with E-state index in [0.717, 1.165) is 43.1 Å². The second kappa shape index (κ2) is 14.1. The Labute approximate surface area is 251 Å². The number of rotatable bonds is 9. The molecule has 2 aliphatic rings. The quantitative estimate of drug-likeness (QED) is 0.286. The highest BCUT2D eigenvalue weighted by atomic mass is 16.6. The van der Waals surface area contributed by atoms with Crippen molar-refractivity contribution < 1.29 is 23.9 Å². The predicted octanol–water partition coefficient (Wildman–Crippen LogP) is 4.38. The van der Waals surface area contributed by atoms with E-state index >= 15 is 0 Å². The van der Waals surface area contributed by atoms with E-state index in [-0.39, 0.29) is 42.7 Å². The highest BCUT2D eigenvalue weighted by Crippen LogP contribution is 2.25. The number of esters is 1. The standard InChI is InChI=1S/C32H38N6O5/c1-3-42-30(40)27-20-33-31(34-25-11-13-26(14-12-25)37-18-16-36(2)17-19-37)35-28(27)29(39)24-10-7-15-38(21-24)32(41)43-22-23-8-5-4-6-9-23/h4-6,8-9,11-14,20,24H,3,7,10,15-19,21-22H2,1-2H3,(H,33,34,35). The van der Waals surface area contributed by atoms with Crippen LogP contribution in [0, 0.1) is 5.92 Å². The second-order valence-electron chi connectivity index (χ2n) is 10.8. The maximum absolute atomic E-state index is 13.8. The fourth-order valence-corrected chi connectivity index (χ4v) is 5.30. The summed E-state index contributed by atoms with van der Waals surface area (Å²) in [7, 11) is 2.13. The number of hydrogen-bond acceptors (Lipinski definition) is 10. The molecule has 3 aromatic rings. The molecule has 2 aliphatic heterocycles. The fourth-order valence-electron chi connectivity index (χ4n) is 5.30. The van der Waals surface area contributed by atoms with Crippen molar-refractivity contribution in [3.8, 4) is 0 Å². The number of ether oxygens (including phenoxy) is 2. The number of ketones is 1. The molecular weight excluding hydrogens is 548 g/mol. The summed E-state index contributed by atoms with van der Waals surface area (Å²) in [6, 6.07) is 17.4. The molecule has 43 heavy (non-hydrogen) atoms. The summed E-state index contributed by atoms with van der Waals surface area (Å²) in [5, 5.41) is 3.16. The normalized spacial score (nSPS) is 17.3. The van der Waals surface area contributed by atoms with E-state index in [2.05, 4.69) is 32.1 Å². The van der Waals surface area contributed by atoms with Crippen LogP contribution in [0.5, 0.6) is 0 Å². The van der Waals surface area contributed by atoms with Gasteiger partial charge >= 0.3 is 12.1 Å². The highest BCUT2D eigenvalue weighted by molar-refractivity contribution is 6.06.